The van der Waals surface area contributed by atoms with Gasteiger partial charge in [0.05, 0.1) is 6.20 Å². The Morgan fingerprint density at radius 3 is 2.11 bits per heavy atom. The third kappa shape index (κ3) is 6.78. The summed E-state index contributed by atoms with van der Waals surface area (Å²) in [5.74, 6) is 0. The SMILES string of the molecule is CCCC[N+]1(S(=O)(=O)O)C=CN(C)C1.F[B-](F)(F)F. The highest BCUT2D eigenvalue weighted by molar-refractivity contribution is 7.80. The van der Waals surface area contributed by atoms with Crippen molar-refractivity contribution >= 4 is 17.6 Å². The van der Waals surface area contributed by atoms with Crippen LogP contribution in [0.25, 0.3) is 0 Å². The molecular formula is C8H17BF4N2O3S. The van der Waals surface area contributed by atoms with Crippen molar-refractivity contribution in [2.45, 2.75) is 19.8 Å². The fourth-order valence-electron chi connectivity index (χ4n) is 1.54. The van der Waals surface area contributed by atoms with Gasteiger partial charge < -0.3 is 22.2 Å². The number of halogens is 4. The number of rotatable bonds is 4. The molecule has 1 aliphatic rings. The summed E-state index contributed by atoms with van der Waals surface area (Å²) in [4.78, 5) is 1.75. The lowest BCUT2D eigenvalue weighted by atomic mass is 10.3. The van der Waals surface area contributed by atoms with Crippen molar-refractivity contribution in [1.29, 1.82) is 0 Å². The lowest BCUT2D eigenvalue weighted by molar-refractivity contribution is -0.759. The maximum atomic E-state index is 11.3. The predicted octanol–water partition coefficient (Wildman–Crippen LogP) is 2.08. The molecule has 1 aliphatic heterocycles. The number of hydrogen-bond donors (Lipinski definition) is 1. The number of unbranched alkanes of at least 4 members (excludes halogenated alkanes) is 1. The van der Waals surface area contributed by atoms with Crippen molar-refractivity contribution in [2.24, 2.45) is 0 Å². The van der Waals surface area contributed by atoms with Gasteiger partial charge in [-0.2, -0.15) is 0 Å². The van der Waals surface area contributed by atoms with Crippen molar-refractivity contribution in [1.82, 2.24) is 4.90 Å². The summed E-state index contributed by atoms with van der Waals surface area (Å²) in [5, 5.41) is 0. The summed E-state index contributed by atoms with van der Waals surface area (Å²) >= 11 is 0. The number of nitrogens with zero attached hydrogens (tertiary/aromatic N) is 2. The molecule has 0 bridgehead atoms. The van der Waals surface area contributed by atoms with Gasteiger partial charge in [0.2, 0.25) is 0 Å². The van der Waals surface area contributed by atoms with E-state index in [4.69, 9.17) is 0 Å². The Bertz CT molecular complexity index is 409. The minimum absolute atomic E-state index is 0.291. The summed E-state index contributed by atoms with van der Waals surface area (Å²) in [7, 11) is -8.27. The second kappa shape index (κ2) is 6.57. The van der Waals surface area contributed by atoms with Crippen LogP contribution in [0.15, 0.2) is 12.4 Å². The average molecular weight is 308 g/mol. The van der Waals surface area contributed by atoms with Gasteiger partial charge in [0, 0.05) is 7.05 Å². The molecule has 0 aromatic rings. The molecule has 11 heteroatoms. The van der Waals surface area contributed by atoms with Crippen LogP contribution in [0.3, 0.4) is 0 Å². The van der Waals surface area contributed by atoms with E-state index in [2.05, 4.69) is 0 Å². The van der Waals surface area contributed by atoms with E-state index in [1.165, 1.54) is 6.20 Å². The Kier molecular flexibility index (Phi) is 6.29. The smallest absolute Gasteiger partial charge is 0.418 e. The van der Waals surface area contributed by atoms with E-state index in [0.717, 1.165) is 12.8 Å². The maximum absolute atomic E-state index is 11.3. The van der Waals surface area contributed by atoms with Gasteiger partial charge in [-0.15, -0.1) is 12.3 Å². The van der Waals surface area contributed by atoms with Crippen LogP contribution in [0, 0.1) is 0 Å². The predicted molar refractivity (Wildman–Crippen MR) is 63.5 cm³/mol. The highest BCUT2D eigenvalue weighted by Crippen LogP contribution is 2.22. The van der Waals surface area contributed by atoms with Gasteiger partial charge in [0.15, 0.2) is 6.67 Å². The topological polar surface area (TPSA) is 57.6 Å². The lowest BCUT2D eigenvalue weighted by Crippen LogP contribution is -2.49. The third-order valence-electron chi connectivity index (χ3n) is 2.40. The maximum Gasteiger partial charge on any atom is 0.673 e. The van der Waals surface area contributed by atoms with E-state index in [1.54, 1.807) is 18.1 Å². The van der Waals surface area contributed by atoms with E-state index in [0.29, 0.717) is 13.2 Å². The molecule has 0 aromatic carbocycles. The molecule has 0 aromatic heterocycles. The van der Waals surface area contributed by atoms with E-state index < -0.39 is 17.6 Å². The van der Waals surface area contributed by atoms with Crippen LogP contribution < -0.4 is 0 Å². The highest BCUT2D eigenvalue weighted by atomic mass is 32.2. The normalized spacial score (nSPS) is 23.2. The molecule has 0 aliphatic carbocycles. The Labute approximate surface area is 110 Å². The Morgan fingerprint density at radius 1 is 1.37 bits per heavy atom. The molecule has 0 saturated heterocycles. The van der Waals surface area contributed by atoms with Gasteiger partial charge in [-0.3, -0.25) is 0 Å². The fourth-order valence-corrected chi connectivity index (χ4v) is 2.44. The first-order chi connectivity index (χ1) is 8.41. The first-order valence-corrected chi connectivity index (χ1v) is 6.92. The number of hydrogen-bond acceptors (Lipinski definition) is 3. The minimum Gasteiger partial charge on any atom is -0.418 e. The monoisotopic (exact) mass is 308 g/mol. The fraction of sp³-hybridized carbons (Fsp3) is 0.750. The van der Waals surface area contributed by atoms with Gasteiger partial charge in [-0.25, -0.2) is 4.55 Å². The van der Waals surface area contributed by atoms with Gasteiger partial charge in [0.25, 0.3) is 0 Å². The molecule has 1 heterocycles. The van der Waals surface area contributed by atoms with Crippen LogP contribution in [-0.2, 0) is 10.3 Å². The largest absolute Gasteiger partial charge is 0.673 e. The average Bonchev–Trinajstić information content (AvgIpc) is 2.55. The van der Waals surface area contributed by atoms with Crippen LogP contribution >= 0.6 is 0 Å². The van der Waals surface area contributed by atoms with E-state index in [9.17, 15) is 30.2 Å². The first-order valence-electron chi connectivity index (χ1n) is 5.52. The van der Waals surface area contributed by atoms with Crippen LogP contribution in [0.1, 0.15) is 19.8 Å². The zero-order valence-corrected chi connectivity index (χ0v) is 11.5. The molecule has 0 spiro atoms. The quantitative estimate of drug-likeness (QED) is 0.374. The Balaban J connectivity index is 0.000000555. The van der Waals surface area contributed by atoms with E-state index in [1.807, 2.05) is 6.92 Å². The Morgan fingerprint density at radius 2 is 1.84 bits per heavy atom. The van der Waals surface area contributed by atoms with Gasteiger partial charge in [-0.05, 0) is 6.42 Å². The molecule has 0 fully saturated rings. The molecule has 0 radical (unpaired) electrons. The molecule has 0 amide bonds. The van der Waals surface area contributed by atoms with Gasteiger partial charge >= 0.3 is 17.6 Å². The summed E-state index contributed by atoms with van der Waals surface area (Å²) in [5.41, 5.74) is 0. The minimum atomic E-state index is -6.00. The molecule has 1 N–H and O–H groups in total. The van der Waals surface area contributed by atoms with Crippen LogP contribution in [0.2, 0.25) is 0 Å². The second-order valence-corrected chi connectivity index (χ2v) is 5.79. The molecule has 1 atom stereocenters. The second-order valence-electron chi connectivity index (χ2n) is 4.17. The summed E-state index contributed by atoms with van der Waals surface area (Å²) < 4.78 is 70.3. The van der Waals surface area contributed by atoms with Crippen LogP contribution in [0.5, 0.6) is 0 Å². The van der Waals surface area contributed by atoms with Crippen molar-refractivity contribution < 1.29 is 34.1 Å². The van der Waals surface area contributed by atoms with Gasteiger partial charge in [0.1, 0.15) is 12.7 Å². The van der Waals surface area contributed by atoms with Crippen LogP contribution in [-0.4, -0.2) is 49.3 Å². The van der Waals surface area contributed by atoms with Crippen LogP contribution in [0.4, 0.5) is 17.3 Å². The molecule has 19 heavy (non-hydrogen) atoms. The molecule has 5 nitrogen and oxygen atoms in total. The molecule has 1 unspecified atom stereocenters. The molecule has 114 valence electrons. The molecule has 0 saturated carbocycles. The number of quaternary nitrogens is 1. The summed E-state index contributed by atoms with van der Waals surface area (Å²) in [6, 6.07) is 0. The van der Waals surface area contributed by atoms with Gasteiger partial charge in [-0.1, -0.05) is 13.3 Å². The van der Waals surface area contributed by atoms with Crippen molar-refractivity contribution in [3.63, 3.8) is 0 Å². The zero-order chi connectivity index (χ0) is 15.3. The standard InChI is InChI=1S/C8H16N2O3S.BF4/c1-3-4-6-10(14(11,12)13)7-5-9(2)8-10;2-1(3,4)5/h5,7H,3-4,6,8H2,1-2H3;/q;-1/p+1. The van der Waals surface area contributed by atoms with E-state index in [-0.39, 0.29) is 3.89 Å². The van der Waals surface area contributed by atoms with Crippen molar-refractivity contribution in [3.8, 4) is 0 Å². The highest BCUT2D eigenvalue weighted by Gasteiger charge is 2.42. The van der Waals surface area contributed by atoms with Crippen molar-refractivity contribution in [3.05, 3.63) is 12.4 Å². The summed E-state index contributed by atoms with van der Waals surface area (Å²) in [6.45, 7) is 2.71. The summed E-state index contributed by atoms with van der Waals surface area (Å²) in [6.07, 6.45) is 4.90. The Hall–Kier alpha value is -0.805. The van der Waals surface area contributed by atoms with E-state index >= 15 is 0 Å². The third-order valence-corrected chi connectivity index (χ3v) is 3.74. The zero-order valence-electron chi connectivity index (χ0n) is 10.6. The molecular weight excluding hydrogens is 291 g/mol. The lowest BCUT2D eigenvalue weighted by Gasteiger charge is -2.27. The first kappa shape index (κ1) is 18.2. The molecule has 1 rings (SSSR count). The van der Waals surface area contributed by atoms with Crippen molar-refractivity contribution in [2.75, 3.05) is 20.3 Å².